The predicted octanol–water partition coefficient (Wildman–Crippen LogP) is 2.43. The van der Waals surface area contributed by atoms with Gasteiger partial charge in [-0.3, -0.25) is 4.79 Å². The molecule has 4 heteroatoms. The largest absolute Gasteiger partial charge is 0.324 e. The van der Waals surface area contributed by atoms with Gasteiger partial charge in [-0.1, -0.05) is 25.3 Å². The van der Waals surface area contributed by atoms with Gasteiger partial charge in [0.15, 0.2) is 0 Å². The molecule has 1 aliphatic carbocycles. The fraction of sp³-hybridized carbons (Fsp3) is 0.462. The molecule has 0 spiro atoms. The van der Waals surface area contributed by atoms with Crippen molar-refractivity contribution in [3.05, 3.63) is 30.1 Å². The lowest BCUT2D eigenvalue weighted by molar-refractivity contribution is -0.122. The Kier molecular flexibility index (Phi) is 3.43. The number of anilines is 1. The second kappa shape index (κ2) is 4.84. The van der Waals surface area contributed by atoms with E-state index in [4.69, 9.17) is 5.73 Å². The highest BCUT2D eigenvalue weighted by molar-refractivity contribution is 5.97. The second-order valence-corrected chi connectivity index (χ2v) is 4.68. The van der Waals surface area contributed by atoms with Crippen LogP contribution in [0.4, 0.5) is 10.1 Å². The lowest BCUT2D eigenvalue weighted by atomic mass is 9.82. The summed E-state index contributed by atoms with van der Waals surface area (Å²) in [5, 5.41) is 2.69. The first-order valence-electron chi connectivity index (χ1n) is 5.96. The normalized spacial score (nSPS) is 18.7. The minimum absolute atomic E-state index is 0.206. The Morgan fingerprint density at radius 1 is 1.29 bits per heavy atom. The third kappa shape index (κ3) is 2.82. The molecule has 0 saturated heterocycles. The Bertz CT molecular complexity index is 414. The average molecular weight is 236 g/mol. The molecular weight excluding hydrogens is 219 g/mol. The first-order valence-corrected chi connectivity index (χ1v) is 5.96. The Labute approximate surface area is 100 Å². The Balaban J connectivity index is 2.05. The highest BCUT2D eigenvalue weighted by atomic mass is 19.1. The SMILES string of the molecule is NC1(C(=O)Nc2cccc(F)c2)CCCCC1. The number of hydrogen-bond acceptors (Lipinski definition) is 2. The highest BCUT2D eigenvalue weighted by Crippen LogP contribution is 2.27. The highest BCUT2D eigenvalue weighted by Gasteiger charge is 2.35. The molecule has 2 rings (SSSR count). The third-order valence-corrected chi connectivity index (χ3v) is 3.28. The number of benzene rings is 1. The fourth-order valence-corrected chi connectivity index (χ4v) is 2.23. The van der Waals surface area contributed by atoms with Crippen LogP contribution >= 0.6 is 0 Å². The van der Waals surface area contributed by atoms with E-state index in [9.17, 15) is 9.18 Å². The van der Waals surface area contributed by atoms with E-state index in [0.29, 0.717) is 18.5 Å². The van der Waals surface area contributed by atoms with Crippen molar-refractivity contribution in [3.63, 3.8) is 0 Å². The lowest BCUT2D eigenvalue weighted by Crippen LogP contribution is -2.52. The standard InChI is InChI=1S/C13H17FN2O/c14-10-5-4-6-11(9-10)16-12(17)13(15)7-2-1-3-8-13/h4-6,9H,1-3,7-8,15H2,(H,16,17). The van der Waals surface area contributed by atoms with E-state index >= 15 is 0 Å². The maximum absolute atomic E-state index is 13.0. The summed E-state index contributed by atoms with van der Waals surface area (Å²) in [4.78, 5) is 12.0. The summed E-state index contributed by atoms with van der Waals surface area (Å²) >= 11 is 0. The molecule has 0 aliphatic heterocycles. The zero-order valence-corrected chi connectivity index (χ0v) is 9.71. The molecule has 0 radical (unpaired) electrons. The van der Waals surface area contributed by atoms with Crippen molar-refractivity contribution in [2.24, 2.45) is 5.73 Å². The minimum atomic E-state index is -0.787. The van der Waals surface area contributed by atoms with Crippen LogP contribution in [0, 0.1) is 5.82 Å². The van der Waals surface area contributed by atoms with Crippen LogP contribution in [0.15, 0.2) is 24.3 Å². The summed E-state index contributed by atoms with van der Waals surface area (Å²) in [6.07, 6.45) is 4.49. The van der Waals surface area contributed by atoms with Crippen LogP contribution in [0.3, 0.4) is 0 Å². The smallest absolute Gasteiger partial charge is 0.244 e. The lowest BCUT2D eigenvalue weighted by Gasteiger charge is -2.31. The van der Waals surface area contributed by atoms with E-state index in [1.807, 2.05) is 0 Å². The van der Waals surface area contributed by atoms with E-state index in [-0.39, 0.29) is 11.7 Å². The van der Waals surface area contributed by atoms with Gasteiger partial charge in [-0.2, -0.15) is 0 Å². The van der Waals surface area contributed by atoms with Gasteiger partial charge in [0.05, 0.1) is 5.54 Å². The van der Waals surface area contributed by atoms with Crippen molar-refractivity contribution in [1.29, 1.82) is 0 Å². The molecule has 3 N–H and O–H groups in total. The van der Waals surface area contributed by atoms with Crippen molar-refractivity contribution in [1.82, 2.24) is 0 Å². The maximum atomic E-state index is 13.0. The number of halogens is 1. The molecule has 17 heavy (non-hydrogen) atoms. The predicted molar refractivity (Wildman–Crippen MR) is 65.0 cm³/mol. The molecule has 1 saturated carbocycles. The number of nitrogens with one attached hydrogen (secondary N) is 1. The molecule has 0 heterocycles. The molecule has 1 aromatic carbocycles. The molecule has 0 bridgehead atoms. The fourth-order valence-electron chi connectivity index (χ4n) is 2.23. The zero-order valence-electron chi connectivity index (χ0n) is 9.71. The molecule has 3 nitrogen and oxygen atoms in total. The van der Waals surface area contributed by atoms with Crippen LogP contribution in [0.25, 0.3) is 0 Å². The molecule has 1 fully saturated rings. The second-order valence-electron chi connectivity index (χ2n) is 4.68. The number of carbonyl (C=O) groups excluding carboxylic acids is 1. The molecule has 1 amide bonds. The van der Waals surface area contributed by atoms with Crippen LogP contribution < -0.4 is 11.1 Å². The number of nitrogens with two attached hydrogens (primary N) is 1. The monoisotopic (exact) mass is 236 g/mol. The molecule has 0 atom stereocenters. The van der Waals surface area contributed by atoms with Gasteiger partial charge in [-0.05, 0) is 31.0 Å². The summed E-state index contributed by atoms with van der Waals surface area (Å²) < 4.78 is 13.0. The van der Waals surface area contributed by atoms with E-state index < -0.39 is 5.54 Å². The van der Waals surface area contributed by atoms with Gasteiger partial charge in [-0.15, -0.1) is 0 Å². The van der Waals surface area contributed by atoms with Gasteiger partial charge in [-0.25, -0.2) is 4.39 Å². The number of carbonyl (C=O) groups is 1. The van der Waals surface area contributed by atoms with Gasteiger partial charge in [0, 0.05) is 5.69 Å². The average Bonchev–Trinajstić information content (AvgIpc) is 2.30. The van der Waals surface area contributed by atoms with Gasteiger partial charge in [0.2, 0.25) is 5.91 Å². The quantitative estimate of drug-likeness (QED) is 0.828. The van der Waals surface area contributed by atoms with Gasteiger partial charge in [0.25, 0.3) is 0 Å². The number of rotatable bonds is 2. The molecular formula is C13H17FN2O. The minimum Gasteiger partial charge on any atom is -0.324 e. The molecule has 0 aromatic heterocycles. The molecule has 92 valence electrons. The Morgan fingerprint density at radius 2 is 2.00 bits per heavy atom. The van der Waals surface area contributed by atoms with Crippen LogP contribution in [0.5, 0.6) is 0 Å². The van der Waals surface area contributed by atoms with Gasteiger partial charge in [0.1, 0.15) is 5.82 Å². The third-order valence-electron chi connectivity index (χ3n) is 3.28. The summed E-state index contributed by atoms with van der Waals surface area (Å²) in [6.45, 7) is 0. The van der Waals surface area contributed by atoms with Crippen molar-refractivity contribution < 1.29 is 9.18 Å². The van der Waals surface area contributed by atoms with E-state index in [0.717, 1.165) is 19.3 Å². The van der Waals surface area contributed by atoms with Crippen LogP contribution in [-0.4, -0.2) is 11.4 Å². The maximum Gasteiger partial charge on any atom is 0.244 e. The summed E-state index contributed by atoms with van der Waals surface area (Å²) in [5.74, 6) is -0.569. The van der Waals surface area contributed by atoms with E-state index in [1.165, 1.54) is 12.1 Å². The Hall–Kier alpha value is -1.42. The van der Waals surface area contributed by atoms with Crippen LogP contribution in [0.2, 0.25) is 0 Å². The number of hydrogen-bond donors (Lipinski definition) is 2. The molecule has 1 aromatic rings. The first kappa shape index (κ1) is 12.0. The summed E-state index contributed by atoms with van der Waals surface area (Å²) in [5.41, 5.74) is 5.76. The van der Waals surface area contributed by atoms with Gasteiger partial charge < -0.3 is 11.1 Å². The Morgan fingerprint density at radius 3 is 2.65 bits per heavy atom. The summed E-state index contributed by atoms with van der Waals surface area (Å²) in [6, 6.07) is 5.86. The van der Waals surface area contributed by atoms with Crippen molar-refractivity contribution >= 4 is 11.6 Å². The van der Waals surface area contributed by atoms with Crippen molar-refractivity contribution in [2.75, 3.05) is 5.32 Å². The van der Waals surface area contributed by atoms with E-state index in [1.54, 1.807) is 12.1 Å². The van der Waals surface area contributed by atoms with Crippen molar-refractivity contribution in [2.45, 2.75) is 37.6 Å². The first-order chi connectivity index (χ1) is 8.10. The van der Waals surface area contributed by atoms with E-state index in [2.05, 4.69) is 5.32 Å². The molecule has 0 unspecified atom stereocenters. The molecule has 1 aliphatic rings. The zero-order chi connectivity index (χ0) is 12.3. The summed E-state index contributed by atoms with van der Waals surface area (Å²) in [7, 11) is 0. The van der Waals surface area contributed by atoms with Crippen LogP contribution in [-0.2, 0) is 4.79 Å². The van der Waals surface area contributed by atoms with Crippen molar-refractivity contribution in [3.8, 4) is 0 Å². The topological polar surface area (TPSA) is 55.1 Å². The van der Waals surface area contributed by atoms with Crippen LogP contribution in [0.1, 0.15) is 32.1 Å². The van der Waals surface area contributed by atoms with Gasteiger partial charge >= 0.3 is 0 Å². The number of amides is 1.